The second-order valence-corrected chi connectivity index (χ2v) is 8.57. The summed E-state index contributed by atoms with van der Waals surface area (Å²) in [7, 11) is -3.55. The van der Waals surface area contributed by atoms with Crippen LogP contribution in [0.1, 0.15) is 69.2 Å². The normalized spacial score (nSPS) is 17.1. The van der Waals surface area contributed by atoms with Crippen LogP contribution in [0.4, 0.5) is 0 Å². The van der Waals surface area contributed by atoms with E-state index in [9.17, 15) is 13.2 Å². The first-order chi connectivity index (χ1) is 12.0. The summed E-state index contributed by atoms with van der Waals surface area (Å²) in [5, 5.41) is 3.09. The van der Waals surface area contributed by atoms with Gasteiger partial charge in [0.05, 0.1) is 4.90 Å². The Kier molecular flexibility index (Phi) is 7.44. The van der Waals surface area contributed by atoms with E-state index in [1.165, 1.54) is 29.6 Å². The van der Waals surface area contributed by atoms with E-state index in [2.05, 4.69) is 5.32 Å². The second-order valence-electron chi connectivity index (χ2n) is 6.63. The predicted octanol–water partition coefficient (Wildman–Crippen LogP) is 3.56. The predicted molar refractivity (Wildman–Crippen MR) is 100 cm³/mol. The van der Waals surface area contributed by atoms with E-state index in [1.54, 1.807) is 18.2 Å². The van der Waals surface area contributed by atoms with E-state index >= 15 is 0 Å². The number of benzene rings is 1. The lowest BCUT2D eigenvalue weighted by atomic mass is 9.96. The van der Waals surface area contributed by atoms with Gasteiger partial charge >= 0.3 is 0 Å². The zero-order valence-electron chi connectivity index (χ0n) is 15.3. The third kappa shape index (κ3) is 5.28. The maximum atomic E-state index is 12.6. The van der Waals surface area contributed by atoms with Crippen molar-refractivity contribution in [1.29, 1.82) is 0 Å². The molecule has 1 saturated carbocycles. The van der Waals surface area contributed by atoms with E-state index < -0.39 is 10.0 Å². The third-order valence-corrected chi connectivity index (χ3v) is 6.93. The lowest BCUT2D eigenvalue weighted by Crippen LogP contribution is -2.35. The fourth-order valence-corrected chi connectivity index (χ4v) is 4.88. The molecule has 1 N–H and O–H groups in total. The molecular formula is C19H30N2O3S. The summed E-state index contributed by atoms with van der Waals surface area (Å²) >= 11 is 0. The Morgan fingerprint density at radius 3 is 2.28 bits per heavy atom. The van der Waals surface area contributed by atoms with Gasteiger partial charge in [0.15, 0.2) is 0 Å². The lowest BCUT2D eigenvalue weighted by molar-refractivity contribution is 0.0930. The Balaban J connectivity index is 2.13. The van der Waals surface area contributed by atoms with Crippen molar-refractivity contribution in [3.05, 3.63) is 29.8 Å². The molecule has 6 heteroatoms. The Morgan fingerprint density at radius 2 is 1.68 bits per heavy atom. The average Bonchev–Trinajstić information content (AvgIpc) is 2.58. The summed E-state index contributed by atoms with van der Waals surface area (Å²) in [6.45, 7) is 4.45. The summed E-state index contributed by atoms with van der Waals surface area (Å²) in [5.41, 5.74) is 0.412. The highest BCUT2D eigenvalue weighted by atomic mass is 32.2. The molecule has 1 aliphatic carbocycles. The van der Waals surface area contributed by atoms with Crippen LogP contribution in [-0.2, 0) is 10.0 Å². The van der Waals surface area contributed by atoms with Gasteiger partial charge in [-0.3, -0.25) is 4.79 Å². The van der Waals surface area contributed by atoms with Crippen LogP contribution >= 0.6 is 0 Å². The van der Waals surface area contributed by atoms with Crippen molar-refractivity contribution >= 4 is 15.9 Å². The number of carbonyl (C=O) groups is 1. The van der Waals surface area contributed by atoms with Crippen molar-refractivity contribution in [1.82, 2.24) is 9.62 Å². The van der Waals surface area contributed by atoms with Crippen LogP contribution in [-0.4, -0.2) is 37.8 Å². The van der Waals surface area contributed by atoms with Crippen molar-refractivity contribution in [2.45, 2.75) is 69.7 Å². The second kappa shape index (κ2) is 9.34. The molecular weight excluding hydrogens is 336 g/mol. The quantitative estimate of drug-likeness (QED) is 0.837. The van der Waals surface area contributed by atoms with Gasteiger partial charge in [0.2, 0.25) is 10.0 Å². The number of rotatable bonds is 6. The molecule has 0 saturated heterocycles. The fourth-order valence-electron chi connectivity index (χ4n) is 3.38. The first-order valence-corrected chi connectivity index (χ1v) is 10.8. The zero-order valence-corrected chi connectivity index (χ0v) is 16.1. The Morgan fingerprint density at radius 1 is 1.08 bits per heavy atom. The summed E-state index contributed by atoms with van der Waals surface area (Å²) in [6, 6.07) is 6.56. The SMILES string of the molecule is CCN(CC)S(=O)(=O)c1cccc(C(=O)NC2CCCCCCC2)c1. The van der Waals surface area contributed by atoms with Gasteiger partial charge in [-0.2, -0.15) is 4.31 Å². The zero-order chi connectivity index (χ0) is 18.3. The topological polar surface area (TPSA) is 66.5 Å². The molecule has 1 amide bonds. The smallest absolute Gasteiger partial charge is 0.251 e. The van der Waals surface area contributed by atoms with Gasteiger partial charge in [0.1, 0.15) is 0 Å². The van der Waals surface area contributed by atoms with Crippen molar-refractivity contribution in [3.63, 3.8) is 0 Å². The molecule has 1 fully saturated rings. The van der Waals surface area contributed by atoms with Crippen LogP contribution in [0.2, 0.25) is 0 Å². The molecule has 0 radical (unpaired) electrons. The lowest BCUT2D eigenvalue weighted by Gasteiger charge is -2.21. The number of hydrogen-bond acceptors (Lipinski definition) is 3. The Labute approximate surface area is 151 Å². The van der Waals surface area contributed by atoms with Crippen LogP contribution < -0.4 is 5.32 Å². The highest BCUT2D eigenvalue weighted by Gasteiger charge is 2.23. The highest BCUT2D eigenvalue weighted by molar-refractivity contribution is 7.89. The summed E-state index contributed by atoms with van der Waals surface area (Å²) < 4.78 is 26.7. The van der Waals surface area contributed by atoms with Crippen LogP contribution in [0.25, 0.3) is 0 Å². The minimum absolute atomic E-state index is 0.179. The molecule has 0 bridgehead atoms. The fraction of sp³-hybridized carbons (Fsp3) is 0.632. The van der Waals surface area contributed by atoms with Gasteiger partial charge in [-0.1, -0.05) is 52.0 Å². The molecule has 1 aromatic rings. The summed E-state index contributed by atoms with van der Waals surface area (Å²) in [5.74, 6) is -0.179. The molecule has 140 valence electrons. The van der Waals surface area contributed by atoms with Crippen molar-refractivity contribution in [2.75, 3.05) is 13.1 Å². The van der Waals surface area contributed by atoms with E-state index in [0.717, 1.165) is 25.7 Å². The first-order valence-electron chi connectivity index (χ1n) is 9.40. The van der Waals surface area contributed by atoms with Crippen molar-refractivity contribution in [3.8, 4) is 0 Å². The van der Waals surface area contributed by atoms with Gasteiger partial charge in [-0.15, -0.1) is 0 Å². The van der Waals surface area contributed by atoms with Crippen molar-refractivity contribution in [2.24, 2.45) is 0 Å². The average molecular weight is 367 g/mol. The Hall–Kier alpha value is -1.40. The highest BCUT2D eigenvalue weighted by Crippen LogP contribution is 2.19. The molecule has 0 atom stereocenters. The summed E-state index contributed by atoms with van der Waals surface area (Å²) in [6.07, 6.45) is 8.02. The number of carbonyl (C=O) groups excluding carboxylic acids is 1. The maximum absolute atomic E-state index is 12.6. The molecule has 0 spiro atoms. The van der Waals surface area contributed by atoms with Gasteiger partial charge in [0, 0.05) is 24.7 Å². The molecule has 0 aromatic heterocycles. The molecule has 25 heavy (non-hydrogen) atoms. The van der Waals surface area contributed by atoms with Crippen molar-refractivity contribution < 1.29 is 13.2 Å². The molecule has 0 unspecified atom stereocenters. The third-order valence-electron chi connectivity index (χ3n) is 4.88. The van der Waals surface area contributed by atoms with Gasteiger partial charge < -0.3 is 5.32 Å². The monoisotopic (exact) mass is 366 g/mol. The molecule has 2 rings (SSSR count). The minimum Gasteiger partial charge on any atom is -0.349 e. The van der Waals surface area contributed by atoms with Crippen LogP contribution in [0.15, 0.2) is 29.2 Å². The van der Waals surface area contributed by atoms with Gasteiger partial charge in [0.25, 0.3) is 5.91 Å². The van der Waals surface area contributed by atoms with Gasteiger partial charge in [-0.05, 0) is 31.0 Å². The minimum atomic E-state index is -3.55. The number of sulfonamides is 1. The van der Waals surface area contributed by atoms with E-state index in [1.807, 2.05) is 13.8 Å². The first kappa shape index (κ1) is 19.9. The number of nitrogens with zero attached hydrogens (tertiary/aromatic N) is 1. The standard InChI is InChI=1S/C19H30N2O3S/c1-3-21(4-2)25(23,24)18-14-10-11-16(15-18)19(22)20-17-12-8-6-5-7-9-13-17/h10-11,14-15,17H,3-9,12-13H2,1-2H3,(H,20,22). The molecule has 5 nitrogen and oxygen atoms in total. The Bertz CT molecular complexity index is 661. The summed E-state index contributed by atoms with van der Waals surface area (Å²) in [4.78, 5) is 12.8. The molecule has 1 aliphatic rings. The van der Waals surface area contributed by atoms with E-state index in [-0.39, 0.29) is 16.8 Å². The molecule has 0 heterocycles. The van der Waals surface area contributed by atoms with Crippen LogP contribution in [0.3, 0.4) is 0 Å². The largest absolute Gasteiger partial charge is 0.349 e. The van der Waals surface area contributed by atoms with E-state index in [0.29, 0.717) is 18.7 Å². The maximum Gasteiger partial charge on any atom is 0.251 e. The van der Waals surface area contributed by atoms with Crippen LogP contribution in [0, 0.1) is 0 Å². The van der Waals surface area contributed by atoms with Crippen LogP contribution in [0.5, 0.6) is 0 Å². The van der Waals surface area contributed by atoms with Gasteiger partial charge in [-0.25, -0.2) is 8.42 Å². The number of nitrogens with one attached hydrogen (secondary N) is 1. The number of hydrogen-bond donors (Lipinski definition) is 1. The number of amides is 1. The van der Waals surface area contributed by atoms with E-state index in [4.69, 9.17) is 0 Å². The molecule has 0 aliphatic heterocycles. The molecule has 1 aromatic carbocycles.